The number of unbranched alkanes of at least 4 members (excludes halogenated alkanes) is 3. The van der Waals surface area contributed by atoms with Crippen LogP contribution in [0.2, 0.25) is 0 Å². The van der Waals surface area contributed by atoms with Crippen LogP contribution in [0.15, 0.2) is 0 Å². The van der Waals surface area contributed by atoms with Gasteiger partial charge in [-0.3, -0.25) is 0 Å². The quantitative estimate of drug-likeness (QED) is 0.264. The molecule has 0 unspecified atom stereocenters. The van der Waals surface area contributed by atoms with Gasteiger partial charge in [-0.15, -0.1) is 0 Å². The highest BCUT2D eigenvalue weighted by atomic mass is 16.5. The molecule has 1 rings (SSSR count). The Labute approximate surface area is 194 Å². The van der Waals surface area contributed by atoms with E-state index in [2.05, 4.69) is 27.7 Å². The van der Waals surface area contributed by atoms with E-state index in [1.807, 2.05) is 20.8 Å². The molecule has 2 atom stereocenters. The Kier molecular flexibility index (Phi) is 13.3. The minimum absolute atomic E-state index is 0.441. The highest BCUT2D eigenvalue weighted by Gasteiger charge is 2.17. The molecule has 2 heteroatoms. The van der Waals surface area contributed by atoms with Crippen molar-refractivity contribution in [2.24, 2.45) is 17.8 Å². The number of ether oxygens (including phenoxy) is 1. The summed E-state index contributed by atoms with van der Waals surface area (Å²) in [6, 6.07) is 0. The summed E-state index contributed by atoms with van der Waals surface area (Å²) in [6.07, 6.45) is 15.9. The number of benzene rings is 1. The molecule has 0 radical (unpaired) electrons. The van der Waals surface area contributed by atoms with Crippen molar-refractivity contribution in [2.75, 3.05) is 7.11 Å². The van der Waals surface area contributed by atoms with Gasteiger partial charge in [0.05, 0.1) is 7.11 Å². The zero-order chi connectivity index (χ0) is 23.4. The van der Waals surface area contributed by atoms with Gasteiger partial charge in [-0.1, -0.05) is 91.9 Å². The van der Waals surface area contributed by atoms with Crippen LogP contribution in [0.4, 0.5) is 0 Å². The van der Waals surface area contributed by atoms with Gasteiger partial charge in [0, 0.05) is 5.56 Å². The summed E-state index contributed by atoms with van der Waals surface area (Å²) in [5.74, 6) is 4.03. The normalized spacial score (nSPS) is 13.6. The lowest BCUT2D eigenvalue weighted by Gasteiger charge is -2.18. The molecule has 0 saturated heterocycles. The second-order valence-corrected chi connectivity index (χ2v) is 10.7. The molecule has 0 spiro atoms. The summed E-state index contributed by atoms with van der Waals surface area (Å²) < 4.78 is 5.68. The zero-order valence-corrected chi connectivity index (χ0v) is 22.1. The molecule has 1 aromatic carbocycles. The van der Waals surface area contributed by atoms with Crippen LogP contribution in [0.25, 0.3) is 0 Å². The first-order valence-electron chi connectivity index (χ1n) is 13.0. The molecule has 2 nitrogen and oxygen atoms in total. The summed E-state index contributed by atoms with van der Waals surface area (Å²) in [4.78, 5) is 0. The van der Waals surface area contributed by atoms with Crippen LogP contribution in [-0.2, 0) is 6.42 Å². The lowest BCUT2D eigenvalue weighted by atomic mass is 9.91. The molecule has 0 heterocycles. The lowest BCUT2D eigenvalue weighted by Crippen LogP contribution is -2.02. The van der Waals surface area contributed by atoms with E-state index < -0.39 is 0 Å². The van der Waals surface area contributed by atoms with Crippen LogP contribution in [0, 0.1) is 38.5 Å². The molecule has 1 N–H and O–H groups in total. The van der Waals surface area contributed by atoms with Gasteiger partial charge in [-0.05, 0) is 68.1 Å². The molecule has 0 bridgehead atoms. The van der Waals surface area contributed by atoms with Crippen molar-refractivity contribution in [1.29, 1.82) is 0 Å². The Morgan fingerprint density at radius 1 is 0.645 bits per heavy atom. The van der Waals surface area contributed by atoms with Crippen molar-refractivity contribution in [3.63, 3.8) is 0 Å². The maximum Gasteiger partial charge on any atom is 0.125 e. The lowest BCUT2D eigenvalue weighted by molar-refractivity contribution is 0.385. The summed E-state index contributed by atoms with van der Waals surface area (Å²) in [6.45, 7) is 15.6. The van der Waals surface area contributed by atoms with Crippen LogP contribution in [0.5, 0.6) is 11.5 Å². The van der Waals surface area contributed by atoms with Crippen LogP contribution < -0.4 is 4.74 Å². The first-order chi connectivity index (χ1) is 14.7. The minimum Gasteiger partial charge on any atom is -0.507 e. The van der Waals surface area contributed by atoms with Crippen molar-refractivity contribution in [1.82, 2.24) is 0 Å². The van der Waals surface area contributed by atoms with Gasteiger partial charge in [0.1, 0.15) is 11.5 Å². The predicted octanol–water partition coefficient (Wildman–Crippen LogP) is 9.09. The first kappa shape index (κ1) is 27.9. The molecule has 31 heavy (non-hydrogen) atoms. The second kappa shape index (κ2) is 14.8. The smallest absolute Gasteiger partial charge is 0.125 e. The zero-order valence-electron chi connectivity index (χ0n) is 22.1. The largest absolute Gasteiger partial charge is 0.507 e. The van der Waals surface area contributed by atoms with Gasteiger partial charge in [-0.25, -0.2) is 0 Å². The Bertz CT molecular complexity index is 632. The molecule has 0 aliphatic carbocycles. The van der Waals surface area contributed by atoms with Gasteiger partial charge in [-0.2, -0.15) is 0 Å². The highest BCUT2D eigenvalue weighted by Crippen LogP contribution is 2.37. The van der Waals surface area contributed by atoms with E-state index in [1.54, 1.807) is 7.11 Å². The fourth-order valence-corrected chi connectivity index (χ4v) is 4.87. The fourth-order valence-electron chi connectivity index (χ4n) is 4.87. The van der Waals surface area contributed by atoms with E-state index in [-0.39, 0.29) is 0 Å². The average molecular weight is 433 g/mol. The van der Waals surface area contributed by atoms with E-state index in [9.17, 15) is 5.11 Å². The number of hydrogen-bond acceptors (Lipinski definition) is 2. The predicted molar refractivity (Wildman–Crippen MR) is 137 cm³/mol. The van der Waals surface area contributed by atoms with Crippen molar-refractivity contribution in [3.05, 3.63) is 22.3 Å². The van der Waals surface area contributed by atoms with E-state index in [4.69, 9.17) is 4.74 Å². The third-order valence-corrected chi connectivity index (χ3v) is 7.29. The highest BCUT2D eigenvalue weighted by molar-refractivity contribution is 5.57. The third-order valence-electron chi connectivity index (χ3n) is 7.29. The van der Waals surface area contributed by atoms with Gasteiger partial charge in [0.2, 0.25) is 0 Å². The molecule has 0 aliphatic heterocycles. The molecule has 0 amide bonds. The SMILES string of the molecule is COc1c(C)c(C)c(O)c(C)c1CCCCCC[C@H](C)CCC[C@H](C)CCCC(C)C. The molecule has 0 aliphatic rings. The van der Waals surface area contributed by atoms with Crippen LogP contribution >= 0.6 is 0 Å². The molecule has 180 valence electrons. The molecular weight excluding hydrogens is 380 g/mol. The number of phenolic OH excluding ortho intramolecular Hbond substituents is 1. The number of hydrogen-bond donors (Lipinski definition) is 1. The molecule has 0 fully saturated rings. The minimum atomic E-state index is 0.441. The summed E-state index contributed by atoms with van der Waals surface area (Å²) in [5, 5.41) is 10.4. The van der Waals surface area contributed by atoms with Crippen molar-refractivity contribution in [2.45, 2.75) is 126 Å². The molecule has 0 saturated carbocycles. The van der Waals surface area contributed by atoms with Crippen molar-refractivity contribution in [3.8, 4) is 11.5 Å². The summed E-state index contributed by atoms with van der Waals surface area (Å²) >= 11 is 0. The summed E-state index contributed by atoms with van der Waals surface area (Å²) in [5.41, 5.74) is 4.20. The van der Waals surface area contributed by atoms with Gasteiger partial charge < -0.3 is 9.84 Å². The Balaban J connectivity index is 2.22. The number of methoxy groups -OCH3 is 1. The van der Waals surface area contributed by atoms with E-state index in [0.29, 0.717) is 5.75 Å². The number of aromatic hydroxyl groups is 1. The standard InChI is InChI=1S/C29H52O2/c1-21(2)15-13-17-23(4)19-14-18-22(3)16-11-9-10-12-20-27-26(7)28(30)24(5)25(6)29(27)31-8/h21-23,30H,9-20H2,1-8H3/t22-,23+/m0/s1. The first-order valence-corrected chi connectivity index (χ1v) is 13.0. The average Bonchev–Trinajstić information content (AvgIpc) is 2.72. The summed E-state index contributed by atoms with van der Waals surface area (Å²) in [7, 11) is 1.75. The Morgan fingerprint density at radius 3 is 1.71 bits per heavy atom. The van der Waals surface area contributed by atoms with Gasteiger partial charge in [0.25, 0.3) is 0 Å². The maximum atomic E-state index is 10.4. The van der Waals surface area contributed by atoms with Crippen molar-refractivity contribution >= 4 is 0 Å². The van der Waals surface area contributed by atoms with Crippen molar-refractivity contribution < 1.29 is 9.84 Å². The van der Waals surface area contributed by atoms with E-state index in [0.717, 1.165) is 46.6 Å². The van der Waals surface area contributed by atoms with Gasteiger partial charge >= 0.3 is 0 Å². The molecule has 1 aromatic rings. The molecular formula is C29H52O2. The van der Waals surface area contributed by atoms with Crippen LogP contribution in [0.1, 0.15) is 121 Å². The fraction of sp³-hybridized carbons (Fsp3) is 0.793. The van der Waals surface area contributed by atoms with E-state index >= 15 is 0 Å². The Hall–Kier alpha value is -1.18. The third kappa shape index (κ3) is 9.87. The topological polar surface area (TPSA) is 29.5 Å². The van der Waals surface area contributed by atoms with E-state index in [1.165, 1.54) is 76.2 Å². The number of rotatable bonds is 16. The second-order valence-electron chi connectivity index (χ2n) is 10.7. The number of phenols is 1. The van der Waals surface area contributed by atoms with Crippen LogP contribution in [-0.4, -0.2) is 12.2 Å². The Morgan fingerprint density at radius 2 is 1.16 bits per heavy atom. The van der Waals surface area contributed by atoms with Crippen LogP contribution in [0.3, 0.4) is 0 Å². The monoisotopic (exact) mass is 432 g/mol. The molecule has 0 aromatic heterocycles. The maximum absolute atomic E-state index is 10.4. The van der Waals surface area contributed by atoms with Gasteiger partial charge in [0.15, 0.2) is 0 Å².